The lowest BCUT2D eigenvalue weighted by Crippen LogP contribution is -2.49. The minimum absolute atomic E-state index is 0.164. The maximum atomic E-state index is 11.0. The Labute approximate surface area is 127 Å². The zero-order valence-electron chi connectivity index (χ0n) is 12.9. The van der Waals surface area contributed by atoms with Crippen LogP contribution in [0.15, 0.2) is 30.3 Å². The molecule has 1 fully saturated rings. The van der Waals surface area contributed by atoms with Gasteiger partial charge in [0.05, 0.1) is 6.54 Å². The zero-order valence-corrected chi connectivity index (χ0v) is 12.9. The number of piperidine rings is 1. The van der Waals surface area contributed by atoms with Crippen LogP contribution in [0.3, 0.4) is 0 Å². The van der Waals surface area contributed by atoms with E-state index in [1.807, 2.05) is 6.07 Å². The van der Waals surface area contributed by atoms with E-state index < -0.39 is 5.97 Å². The van der Waals surface area contributed by atoms with Crippen LogP contribution in [0.1, 0.15) is 31.7 Å². The molecule has 2 rings (SSSR count). The monoisotopic (exact) mass is 290 g/mol. The normalized spacial score (nSPS) is 19.8. The van der Waals surface area contributed by atoms with E-state index in [0.29, 0.717) is 6.04 Å². The van der Waals surface area contributed by atoms with Gasteiger partial charge >= 0.3 is 5.97 Å². The number of rotatable bonds is 7. The van der Waals surface area contributed by atoms with Gasteiger partial charge in [0.2, 0.25) is 0 Å². The predicted molar refractivity (Wildman–Crippen MR) is 84.2 cm³/mol. The molecule has 0 radical (unpaired) electrons. The van der Waals surface area contributed by atoms with Crippen LogP contribution in [0.25, 0.3) is 0 Å². The van der Waals surface area contributed by atoms with E-state index in [9.17, 15) is 4.79 Å². The average Bonchev–Trinajstić information content (AvgIpc) is 2.48. The molecule has 4 heteroatoms. The van der Waals surface area contributed by atoms with Gasteiger partial charge in [0.1, 0.15) is 0 Å². The van der Waals surface area contributed by atoms with Crippen molar-refractivity contribution in [2.75, 3.05) is 26.2 Å². The molecule has 1 aliphatic heterocycles. The van der Waals surface area contributed by atoms with Crippen molar-refractivity contribution in [2.24, 2.45) is 0 Å². The molecule has 0 saturated carbocycles. The summed E-state index contributed by atoms with van der Waals surface area (Å²) >= 11 is 0. The number of carbonyl (C=O) groups is 1. The largest absolute Gasteiger partial charge is 0.480 e. The molecule has 0 aliphatic carbocycles. The highest BCUT2D eigenvalue weighted by Crippen LogP contribution is 2.18. The molecular formula is C17H26N2O2. The maximum absolute atomic E-state index is 11.0. The van der Waals surface area contributed by atoms with Crippen LogP contribution in [-0.4, -0.2) is 53.1 Å². The van der Waals surface area contributed by atoms with Crippen molar-refractivity contribution in [3.05, 3.63) is 35.9 Å². The minimum atomic E-state index is -0.719. The summed E-state index contributed by atoms with van der Waals surface area (Å²) in [5.74, 6) is -0.719. The Kier molecular flexibility index (Phi) is 6.21. The summed E-state index contributed by atoms with van der Waals surface area (Å²) in [7, 11) is 0. The quantitative estimate of drug-likeness (QED) is 0.838. The van der Waals surface area contributed by atoms with Gasteiger partial charge in [-0.3, -0.25) is 14.6 Å². The molecule has 4 nitrogen and oxygen atoms in total. The molecule has 1 N–H and O–H groups in total. The lowest BCUT2D eigenvalue weighted by molar-refractivity contribution is -0.139. The van der Waals surface area contributed by atoms with Crippen LogP contribution in [0, 0.1) is 0 Å². The molecule has 1 atom stereocenters. The van der Waals surface area contributed by atoms with E-state index in [0.717, 1.165) is 45.4 Å². The molecule has 0 bridgehead atoms. The average molecular weight is 290 g/mol. The first-order valence-corrected chi connectivity index (χ1v) is 7.91. The predicted octanol–water partition coefficient (Wildman–Crippen LogP) is 2.45. The van der Waals surface area contributed by atoms with Gasteiger partial charge in [-0.2, -0.15) is 0 Å². The van der Waals surface area contributed by atoms with Crippen molar-refractivity contribution in [1.82, 2.24) is 9.80 Å². The number of nitrogens with zero attached hydrogens (tertiary/aromatic N) is 2. The summed E-state index contributed by atoms with van der Waals surface area (Å²) in [6.45, 7) is 6.19. The van der Waals surface area contributed by atoms with E-state index in [1.165, 1.54) is 5.56 Å². The molecule has 1 unspecified atom stereocenters. The van der Waals surface area contributed by atoms with Crippen molar-refractivity contribution in [3.8, 4) is 0 Å². The van der Waals surface area contributed by atoms with Crippen LogP contribution in [0.5, 0.6) is 0 Å². The number of hydrogen-bond acceptors (Lipinski definition) is 3. The number of benzene rings is 1. The molecular weight excluding hydrogens is 264 g/mol. The molecule has 1 aromatic carbocycles. The van der Waals surface area contributed by atoms with Gasteiger partial charge < -0.3 is 5.11 Å². The van der Waals surface area contributed by atoms with Gasteiger partial charge in [0.25, 0.3) is 0 Å². The Morgan fingerprint density at radius 1 is 1.38 bits per heavy atom. The number of aliphatic carboxylic acids is 1. The molecule has 0 aromatic heterocycles. The second-order valence-electron chi connectivity index (χ2n) is 5.88. The molecule has 1 heterocycles. The standard InChI is InChI=1S/C17H26N2O2/c1-2-10-19(14-17(20)21)16-9-6-11-18(13-16)12-15-7-4-3-5-8-15/h3-5,7-8,16H,2,6,9-14H2,1H3,(H,20,21). The number of carboxylic acid groups (broad SMARTS) is 1. The van der Waals surface area contributed by atoms with E-state index in [2.05, 4.69) is 41.0 Å². The molecule has 1 aliphatic rings. The molecule has 116 valence electrons. The van der Waals surface area contributed by atoms with E-state index in [4.69, 9.17) is 5.11 Å². The van der Waals surface area contributed by atoms with Crippen LogP contribution in [-0.2, 0) is 11.3 Å². The molecule has 1 aromatic rings. The van der Waals surface area contributed by atoms with Crippen LogP contribution >= 0.6 is 0 Å². The van der Waals surface area contributed by atoms with Gasteiger partial charge in [0, 0.05) is 19.1 Å². The molecule has 0 amide bonds. The lowest BCUT2D eigenvalue weighted by atomic mass is 10.0. The highest BCUT2D eigenvalue weighted by Gasteiger charge is 2.26. The van der Waals surface area contributed by atoms with Crippen molar-refractivity contribution >= 4 is 5.97 Å². The number of hydrogen-bond donors (Lipinski definition) is 1. The topological polar surface area (TPSA) is 43.8 Å². The first-order valence-electron chi connectivity index (χ1n) is 7.91. The Morgan fingerprint density at radius 3 is 2.81 bits per heavy atom. The second kappa shape index (κ2) is 8.15. The van der Waals surface area contributed by atoms with Gasteiger partial charge in [-0.05, 0) is 37.9 Å². The van der Waals surface area contributed by atoms with Crippen molar-refractivity contribution in [2.45, 2.75) is 38.8 Å². The minimum Gasteiger partial charge on any atom is -0.480 e. The van der Waals surface area contributed by atoms with Crippen LogP contribution < -0.4 is 0 Å². The maximum Gasteiger partial charge on any atom is 0.317 e. The van der Waals surface area contributed by atoms with E-state index in [-0.39, 0.29) is 6.54 Å². The zero-order chi connectivity index (χ0) is 15.1. The van der Waals surface area contributed by atoms with Crippen LogP contribution in [0.4, 0.5) is 0 Å². The summed E-state index contributed by atoms with van der Waals surface area (Å²) in [5.41, 5.74) is 1.33. The molecule has 21 heavy (non-hydrogen) atoms. The van der Waals surface area contributed by atoms with Crippen molar-refractivity contribution in [3.63, 3.8) is 0 Å². The summed E-state index contributed by atoms with van der Waals surface area (Å²) in [6.07, 6.45) is 3.26. The summed E-state index contributed by atoms with van der Waals surface area (Å²) in [6, 6.07) is 10.9. The van der Waals surface area contributed by atoms with E-state index >= 15 is 0 Å². The SMILES string of the molecule is CCCN(CC(=O)O)C1CCCN(Cc2ccccc2)C1. The lowest BCUT2D eigenvalue weighted by Gasteiger charge is -2.38. The Bertz CT molecular complexity index is 436. The summed E-state index contributed by atoms with van der Waals surface area (Å²) < 4.78 is 0. The Hall–Kier alpha value is -1.39. The molecule has 0 spiro atoms. The van der Waals surface area contributed by atoms with Gasteiger partial charge in [0.15, 0.2) is 0 Å². The number of carboxylic acids is 1. The second-order valence-corrected chi connectivity index (χ2v) is 5.88. The fraction of sp³-hybridized carbons (Fsp3) is 0.588. The molecule has 1 saturated heterocycles. The summed E-state index contributed by atoms with van der Waals surface area (Å²) in [4.78, 5) is 15.6. The smallest absolute Gasteiger partial charge is 0.317 e. The van der Waals surface area contributed by atoms with E-state index in [1.54, 1.807) is 0 Å². The first kappa shape index (κ1) is 16.0. The third-order valence-corrected chi connectivity index (χ3v) is 4.10. The highest BCUT2D eigenvalue weighted by atomic mass is 16.4. The fourth-order valence-corrected chi connectivity index (χ4v) is 3.17. The third-order valence-electron chi connectivity index (χ3n) is 4.10. The van der Waals surface area contributed by atoms with Crippen LogP contribution in [0.2, 0.25) is 0 Å². The Balaban J connectivity index is 1.93. The van der Waals surface area contributed by atoms with Gasteiger partial charge in [-0.15, -0.1) is 0 Å². The van der Waals surface area contributed by atoms with Crippen molar-refractivity contribution in [1.29, 1.82) is 0 Å². The fourth-order valence-electron chi connectivity index (χ4n) is 3.17. The van der Waals surface area contributed by atoms with Gasteiger partial charge in [-0.25, -0.2) is 0 Å². The number of likely N-dealkylation sites (tertiary alicyclic amines) is 1. The van der Waals surface area contributed by atoms with Crippen molar-refractivity contribution < 1.29 is 9.90 Å². The third kappa shape index (κ3) is 5.14. The first-order chi connectivity index (χ1) is 10.2. The Morgan fingerprint density at radius 2 is 2.14 bits per heavy atom. The highest BCUT2D eigenvalue weighted by molar-refractivity contribution is 5.69. The van der Waals surface area contributed by atoms with Gasteiger partial charge in [-0.1, -0.05) is 37.3 Å². The summed E-state index contributed by atoms with van der Waals surface area (Å²) in [5, 5.41) is 9.09.